The molecule has 2 heteroatoms. The van der Waals surface area contributed by atoms with Gasteiger partial charge in [0, 0.05) is 12.3 Å². The fourth-order valence-electron chi connectivity index (χ4n) is 2.36. The molecule has 2 nitrogen and oxygen atoms in total. The van der Waals surface area contributed by atoms with Crippen molar-refractivity contribution in [2.75, 3.05) is 0 Å². The van der Waals surface area contributed by atoms with E-state index in [-0.39, 0.29) is 17.5 Å². The number of aryl methyl sites for hydroxylation is 2. The predicted molar refractivity (Wildman–Crippen MR) is 62.5 cm³/mol. The number of hydrogen-bond acceptors (Lipinski definition) is 2. The Morgan fingerprint density at radius 1 is 1.19 bits per heavy atom. The molecule has 0 spiro atoms. The third kappa shape index (κ3) is 1.69. The van der Waals surface area contributed by atoms with Crippen LogP contribution in [0.2, 0.25) is 0 Å². The summed E-state index contributed by atoms with van der Waals surface area (Å²) in [5.41, 5.74) is 3.03. The van der Waals surface area contributed by atoms with E-state index < -0.39 is 5.92 Å². The quantitative estimate of drug-likeness (QED) is 0.676. The molecule has 1 saturated carbocycles. The van der Waals surface area contributed by atoms with Crippen molar-refractivity contribution >= 4 is 11.6 Å². The zero-order valence-corrected chi connectivity index (χ0v) is 9.91. The van der Waals surface area contributed by atoms with E-state index in [9.17, 15) is 9.59 Å². The summed E-state index contributed by atoms with van der Waals surface area (Å²) in [5, 5.41) is 0. The van der Waals surface area contributed by atoms with Crippen molar-refractivity contribution in [3.63, 3.8) is 0 Å². The average Bonchev–Trinajstić information content (AvgIpc) is 2.46. The van der Waals surface area contributed by atoms with Crippen molar-refractivity contribution in [1.82, 2.24) is 0 Å². The van der Waals surface area contributed by atoms with Crippen LogP contribution in [0.1, 0.15) is 36.0 Å². The monoisotopic (exact) mass is 216 g/mol. The Kier molecular flexibility index (Phi) is 2.66. The molecule has 0 radical (unpaired) electrons. The maximum absolute atomic E-state index is 12.0. The molecule has 1 aliphatic rings. The van der Waals surface area contributed by atoms with Gasteiger partial charge in [-0.05, 0) is 25.0 Å². The third-order valence-electron chi connectivity index (χ3n) is 3.35. The van der Waals surface area contributed by atoms with Gasteiger partial charge in [-0.25, -0.2) is 0 Å². The van der Waals surface area contributed by atoms with E-state index in [2.05, 4.69) is 0 Å². The highest BCUT2D eigenvalue weighted by Gasteiger charge is 2.40. The SMILES string of the molecule is Cc1ccc(C)c(C2C(=O)CC(C)C2=O)c1. The molecule has 2 unspecified atom stereocenters. The van der Waals surface area contributed by atoms with Crippen LogP contribution in [-0.4, -0.2) is 11.6 Å². The Hall–Kier alpha value is -1.44. The van der Waals surface area contributed by atoms with Gasteiger partial charge in [0.05, 0.1) is 0 Å². The highest BCUT2D eigenvalue weighted by atomic mass is 16.2. The Balaban J connectivity index is 2.48. The Labute approximate surface area is 95.7 Å². The van der Waals surface area contributed by atoms with E-state index >= 15 is 0 Å². The van der Waals surface area contributed by atoms with E-state index in [0.29, 0.717) is 6.42 Å². The molecule has 16 heavy (non-hydrogen) atoms. The first-order valence-corrected chi connectivity index (χ1v) is 5.64. The molecule has 84 valence electrons. The first kappa shape index (κ1) is 11.1. The van der Waals surface area contributed by atoms with Gasteiger partial charge in [-0.3, -0.25) is 9.59 Å². The van der Waals surface area contributed by atoms with Crippen molar-refractivity contribution in [2.24, 2.45) is 5.92 Å². The van der Waals surface area contributed by atoms with Gasteiger partial charge in [0.25, 0.3) is 0 Å². The lowest BCUT2D eigenvalue weighted by Crippen LogP contribution is -2.15. The van der Waals surface area contributed by atoms with Gasteiger partial charge in [0.1, 0.15) is 11.7 Å². The van der Waals surface area contributed by atoms with Crippen molar-refractivity contribution in [3.8, 4) is 0 Å². The van der Waals surface area contributed by atoms with E-state index in [4.69, 9.17) is 0 Å². The predicted octanol–water partition coefficient (Wildman–Crippen LogP) is 2.57. The van der Waals surface area contributed by atoms with Crippen LogP contribution < -0.4 is 0 Å². The van der Waals surface area contributed by atoms with Gasteiger partial charge in [0.2, 0.25) is 0 Å². The summed E-state index contributed by atoms with van der Waals surface area (Å²) < 4.78 is 0. The Morgan fingerprint density at radius 3 is 2.44 bits per heavy atom. The van der Waals surface area contributed by atoms with E-state index in [1.165, 1.54) is 0 Å². The molecule has 0 amide bonds. The van der Waals surface area contributed by atoms with Crippen molar-refractivity contribution < 1.29 is 9.59 Å². The van der Waals surface area contributed by atoms with Gasteiger partial charge < -0.3 is 0 Å². The van der Waals surface area contributed by atoms with Gasteiger partial charge in [-0.2, -0.15) is 0 Å². The van der Waals surface area contributed by atoms with Crippen LogP contribution in [0.15, 0.2) is 18.2 Å². The second-order valence-electron chi connectivity index (χ2n) is 4.77. The van der Waals surface area contributed by atoms with Crippen LogP contribution in [0.5, 0.6) is 0 Å². The van der Waals surface area contributed by atoms with Crippen molar-refractivity contribution in [1.29, 1.82) is 0 Å². The second kappa shape index (κ2) is 3.85. The highest BCUT2D eigenvalue weighted by Crippen LogP contribution is 2.33. The number of Topliss-reactive ketones (excluding diaryl/α,β-unsaturated/α-hetero) is 2. The molecule has 0 heterocycles. The molecule has 2 atom stereocenters. The third-order valence-corrected chi connectivity index (χ3v) is 3.35. The van der Waals surface area contributed by atoms with Crippen LogP contribution in [0.3, 0.4) is 0 Å². The number of benzene rings is 1. The summed E-state index contributed by atoms with van der Waals surface area (Å²) in [5.74, 6) is -0.461. The first-order chi connectivity index (χ1) is 7.50. The van der Waals surface area contributed by atoms with Crippen LogP contribution in [0, 0.1) is 19.8 Å². The normalized spacial score (nSPS) is 25.2. The molecule has 1 aromatic rings. The second-order valence-corrected chi connectivity index (χ2v) is 4.77. The smallest absolute Gasteiger partial charge is 0.150 e. The molecule has 0 aromatic heterocycles. The van der Waals surface area contributed by atoms with Crippen LogP contribution in [-0.2, 0) is 9.59 Å². The number of ketones is 2. The zero-order chi connectivity index (χ0) is 11.9. The maximum atomic E-state index is 12.0. The molecule has 1 fully saturated rings. The lowest BCUT2D eigenvalue weighted by Gasteiger charge is -2.12. The van der Waals surface area contributed by atoms with E-state index in [0.717, 1.165) is 16.7 Å². The Bertz CT molecular complexity index is 460. The molecule has 2 rings (SSSR count). The van der Waals surface area contributed by atoms with Gasteiger partial charge in [-0.1, -0.05) is 30.7 Å². The minimum Gasteiger partial charge on any atom is -0.298 e. The zero-order valence-electron chi connectivity index (χ0n) is 9.91. The minimum absolute atomic E-state index is 0.0752. The molecule has 0 bridgehead atoms. The van der Waals surface area contributed by atoms with Gasteiger partial charge >= 0.3 is 0 Å². The Morgan fingerprint density at radius 2 is 1.88 bits per heavy atom. The van der Waals surface area contributed by atoms with Crippen molar-refractivity contribution in [2.45, 2.75) is 33.1 Å². The summed E-state index contributed by atoms with van der Waals surface area (Å²) in [6.45, 7) is 5.78. The minimum atomic E-state index is -0.505. The van der Waals surface area contributed by atoms with E-state index in [1.807, 2.05) is 39.0 Å². The van der Waals surface area contributed by atoms with Gasteiger partial charge in [0.15, 0.2) is 5.78 Å². The fourth-order valence-corrected chi connectivity index (χ4v) is 2.36. The number of hydrogen-bond donors (Lipinski definition) is 0. The number of carbonyl (C=O) groups excluding carboxylic acids is 2. The number of carbonyl (C=O) groups is 2. The summed E-state index contributed by atoms with van der Waals surface area (Å²) in [4.78, 5) is 23.8. The fraction of sp³-hybridized carbons (Fsp3) is 0.429. The number of rotatable bonds is 1. The van der Waals surface area contributed by atoms with Gasteiger partial charge in [-0.15, -0.1) is 0 Å². The average molecular weight is 216 g/mol. The summed E-state index contributed by atoms with van der Waals surface area (Å²) in [6.07, 6.45) is 0.400. The summed E-state index contributed by atoms with van der Waals surface area (Å²) in [6, 6.07) is 5.95. The molecule has 0 saturated heterocycles. The molecule has 0 aliphatic heterocycles. The largest absolute Gasteiger partial charge is 0.298 e. The first-order valence-electron chi connectivity index (χ1n) is 5.64. The maximum Gasteiger partial charge on any atom is 0.150 e. The van der Waals surface area contributed by atoms with Crippen LogP contribution in [0.25, 0.3) is 0 Å². The molecular weight excluding hydrogens is 200 g/mol. The van der Waals surface area contributed by atoms with Crippen LogP contribution >= 0.6 is 0 Å². The topological polar surface area (TPSA) is 34.1 Å². The highest BCUT2D eigenvalue weighted by molar-refractivity contribution is 6.14. The van der Waals surface area contributed by atoms with Crippen LogP contribution in [0.4, 0.5) is 0 Å². The molecule has 0 N–H and O–H groups in total. The molecule has 1 aliphatic carbocycles. The van der Waals surface area contributed by atoms with Crippen molar-refractivity contribution in [3.05, 3.63) is 34.9 Å². The molecular formula is C14H16O2. The lowest BCUT2D eigenvalue weighted by atomic mass is 9.90. The summed E-state index contributed by atoms with van der Waals surface area (Å²) in [7, 11) is 0. The standard InChI is InChI=1S/C14H16O2/c1-8-4-5-9(2)11(6-8)13-12(15)7-10(3)14(13)16/h4-6,10,13H,7H2,1-3H3. The summed E-state index contributed by atoms with van der Waals surface area (Å²) >= 11 is 0. The van der Waals surface area contributed by atoms with E-state index in [1.54, 1.807) is 0 Å². The lowest BCUT2D eigenvalue weighted by molar-refractivity contribution is -0.124. The molecule has 1 aromatic carbocycles.